The Kier molecular flexibility index (Phi) is 5.71. The maximum absolute atomic E-state index is 12.8. The summed E-state index contributed by atoms with van der Waals surface area (Å²) >= 11 is 4.95. The molecule has 0 saturated heterocycles. The first-order chi connectivity index (χ1) is 12.0. The molecule has 1 amide bonds. The van der Waals surface area contributed by atoms with Gasteiger partial charge in [0.1, 0.15) is 5.69 Å². The molecule has 0 fully saturated rings. The van der Waals surface area contributed by atoms with Crippen molar-refractivity contribution in [2.45, 2.75) is 13.1 Å². The van der Waals surface area contributed by atoms with Crippen LogP contribution in [0.25, 0.3) is 0 Å². The third-order valence-corrected chi connectivity index (χ3v) is 5.64. The van der Waals surface area contributed by atoms with Gasteiger partial charge in [0.25, 0.3) is 5.91 Å². The minimum Gasteiger partial charge on any atom is -0.459 e. The van der Waals surface area contributed by atoms with Crippen molar-refractivity contribution in [1.82, 2.24) is 15.0 Å². The number of nitrogens with one attached hydrogen (secondary N) is 2. The highest BCUT2D eigenvalue weighted by Crippen LogP contribution is 2.27. The van der Waals surface area contributed by atoms with Crippen molar-refractivity contribution in [2.75, 3.05) is 6.26 Å². The van der Waals surface area contributed by atoms with E-state index in [4.69, 9.17) is 16.6 Å². The van der Waals surface area contributed by atoms with Gasteiger partial charge in [-0.25, -0.2) is 4.21 Å². The molecular weight excluding hydrogens is 391 g/mol. The first-order valence-electron chi connectivity index (χ1n) is 7.03. The number of alkyl halides is 3. The Bertz CT molecular complexity index is 929. The Morgan fingerprint density at radius 1 is 1.31 bits per heavy atom. The van der Waals surface area contributed by atoms with E-state index in [2.05, 4.69) is 15.0 Å². The zero-order valence-electron chi connectivity index (χ0n) is 13.6. The molecule has 0 aliphatic heterocycles. The largest absolute Gasteiger partial charge is 0.459 e. The minimum absolute atomic E-state index is 0.0180. The number of pyridine rings is 1. The average molecular weight is 405 g/mol. The van der Waals surface area contributed by atoms with E-state index in [0.717, 1.165) is 12.3 Å². The molecule has 2 rings (SSSR count). The number of hydrogen-bond acceptors (Lipinski definition) is 5. The number of carbonyl (C=O) groups excluding carboxylic acids is 1. The van der Waals surface area contributed by atoms with E-state index in [1.165, 1.54) is 37.6 Å². The van der Waals surface area contributed by atoms with Gasteiger partial charge in [0.2, 0.25) is 0 Å². The van der Waals surface area contributed by atoms with E-state index in [9.17, 15) is 22.2 Å². The van der Waals surface area contributed by atoms with E-state index >= 15 is 0 Å². The van der Waals surface area contributed by atoms with Gasteiger partial charge >= 0.3 is 6.18 Å². The lowest BCUT2D eigenvalue weighted by Gasteiger charge is -2.15. The number of amides is 1. The number of rotatable bonds is 3. The lowest BCUT2D eigenvalue weighted by molar-refractivity contribution is -0.141. The van der Waals surface area contributed by atoms with Crippen LogP contribution in [0.2, 0.25) is 0 Å². The minimum atomic E-state index is -4.56. The summed E-state index contributed by atoms with van der Waals surface area (Å²) in [6.45, 7) is 1.47. The van der Waals surface area contributed by atoms with E-state index in [1.807, 2.05) is 0 Å². The standard InChI is InChI=1S/C15H14F3N3O3S2/c1-9(10-5-6-12(19-8-10)15(16,17)18)26(2,23)21-14(25)20-13(22)11-4-3-7-24-11/h3-8H,1-2H3,(H2,20,21,22,23,25). The summed E-state index contributed by atoms with van der Waals surface area (Å²) in [4.78, 5) is 15.4. The lowest BCUT2D eigenvalue weighted by atomic mass is 10.2. The second-order valence-corrected chi connectivity index (χ2v) is 8.10. The summed E-state index contributed by atoms with van der Waals surface area (Å²) < 4.78 is 57.9. The van der Waals surface area contributed by atoms with Gasteiger partial charge in [-0.1, -0.05) is 6.07 Å². The van der Waals surface area contributed by atoms with Crippen molar-refractivity contribution in [3.8, 4) is 0 Å². The molecule has 0 saturated carbocycles. The van der Waals surface area contributed by atoms with Crippen LogP contribution >= 0.6 is 12.2 Å². The first kappa shape index (κ1) is 19.9. The fourth-order valence-corrected chi connectivity index (χ4v) is 3.54. The predicted octanol–water partition coefficient (Wildman–Crippen LogP) is 2.37. The third-order valence-electron chi connectivity index (χ3n) is 3.30. The monoisotopic (exact) mass is 405 g/mol. The molecule has 140 valence electrons. The third kappa shape index (κ3) is 4.82. The Hall–Kier alpha value is -2.40. The molecule has 2 aromatic rings. The van der Waals surface area contributed by atoms with E-state index in [-0.39, 0.29) is 21.3 Å². The van der Waals surface area contributed by atoms with E-state index in [0.29, 0.717) is 0 Å². The van der Waals surface area contributed by atoms with E-state index < -0.39 is 27.5 Å². The van der Waals surface area contributed by atoms with Crippen LogP contribution in [-0.4, -0.2) is 31.3 Å². The molecule has 2 N–H and O–H groups in total. The van der Waals surface area contributed by atoms with Gasteiger partial charge < -0.3 is 4.42 Å². The predicted molar refractivity (Wildman–Crippen MR) is 95.0 cm³/mol. The topological polar surface area (TPSA) is 84.2 Å². The van der Waals surface area contributed by atoms with Crippen LogP contribution in [0.15, 0.2) is 41.1 Å². The highest BCUT2D eigenvalue weighted by molar-refractivity contribution is 8.01. The van der Waals surface area contributed by atoms with Crippen LogP contribution in [0.5, 0.6) is 0 Å². The van der Waals surface area contributed by atoms with Gasteiger partial charge in [0.15, 0.2) is 10.9 Å². The van der Waals surface area contributed by atoms with Gasteiger partial charge in [0.05, 0.1) is 16.0 Å². The van der Waals surface area contributed by atoms with Gasteiger partial charge in [0, 0.05) is 22.9 Å². The molecule has 0 aliphatic carbocycles. The van der Waals surface area contributed by atoms with Crippen molar-refractivity contribution >= 4 is 37.8 Å². The summed E-state index contributed by atoms with van der Waals surface area (Å²) in [5.41, 5.74) is -0.802. The Morgan fingerprint density at radius 3 is 2.50 bits per heavy atom. The van der Waals surface area contributed by atoms with Crippen molar-refractivity contribution < 1.29 is 26.6 Å². The first-order valence-corrected chi connectivity index (χ1v) is 9.41. The quantitative estimate of drug-likeness (QED) is 0.605. The molecule has 1 unspecified atom stereocenters. The maximum atomic E-state index is 12.8. The summed E-state index contributed by atoms with van der Waals surface area (Å²) in [7, 11) is -2.97. The van der Waals surface area contributed by atoms with E-state index in [1.54, 1.807) is 0 Å². The molecule has 0 radical (unpaired) electrons. The summed E-state index contributed by atoms with van der Waals surface area (Å²) in [6, 6.07) is 4.90. The molecule has 1 atom stereocenters. The van der Waals surface area contributed by atoms with Crippen LogP contribution < -0.4 is 10.0 Å². The highest BCUT2D eigenvalue weighted by atomic mass is 32.2. The zero-order chi connectivity index (χ0) is 19.5. The maximum Gasteiger partial charge on any atom is 0.433 e. The lowest BCUT2D eigenvalue weighted by Crippen LogP contribution is -2.43. The van der Waals surface area contributed by atoms with Crippen LogP contribution in [0.1, 0.15) is 28.7 Å². The smallest absolute Gasteiger partial charge is 0.433 e. The number of furan rings is 1. The molecule has 2 aromatic heterocycles. The summed E-state index contributed by atoms with van der Waals surface area (Å²) in [5, 5.41) is 2.09. The summed E-state index contributed by atoms with van der Waals surface area (Å²) in [5.74, 6) is -0.610. The van der Waals surface area contributed by atoms with Crippen LogP contribution in [0.4, 0.5) is 13.2 Å². The van der Waals surface area contributed by atoms with Crippen LogP contribution in [0, 0.1) is 0 Å². The molecular formula is C15H14F3N3O3S2. The summed E-state index contributed by atoms with van der Waals surface area (Å²) in [6.07, 6.45) is -0.960. The van der Waals surface area contributed by atoms with Crippen molar-refractivity contribution in [1.29, 1.82) is 0 Å². The highest BCUT2D eigenvalue weighted by Gasteiger charge is 2.32. The normalized spacial score (nSPS) is 13.6. The molecule has 0 aliphatic rings. The molecule has 11 heteroatoms. The van der Waals surface area contributed by atoms with Crippen molar-refractivity contribution in [3.63, 3.8) is 0 Å². The molecule has 6 nitrogen and oxygen atoms in total. The number of halogens is 3. The average Bonchev–Trinajstić information content (AvgIpc) is 3.07. The Labute approximate surface area is 152 Å². The Morgan fingerprint density at radius 2 is 2.00 bits per heavy atom. The Balaban J connectivity index is 2.17. The zero-order valence-corrected chi connectivity index (χ0v) is 15.2. The van der Waals surface area contributed by atoms with Crippen molar-refractivity contribution in [2.24, 2.45) is 0 Å². The fourth-order valence-electron chi connectivity index (χ4n) is 1.85. The van der Waals surface area contributed by atoms with Gasteiger partial charge in [-0.2, -0.15) is 13.2 Å². The van der Waals surface area contributed by atoms with Crippen LogP contribution in [0.3, 0.4) is 0 Å². The molecule has 26 heavy (non-hydrogen) atoms. The molecule has 0 spiro atoms. The second kappa shape index (κ2) is 7.46. The fraction of sp³-hybridized carbons (Fsp3) is 0.200. The van der Waals surface area contributed by atoms with Gasteiger partial charge in [-0.05, 0) is 37.3 Å². The van der Waals surface area contributed by atoms with Gasteiger partial charge in [-0.3, -0.25) is 19.8 Å². The van der Waals surface area contributed by atoms with Gasteiger partial charge in [-0.15, -0.1) is 0 Å². The van der Waals surface area contributed by atoms with Crippen LogP contribution in [-0.2, 0) is 15.9 Å². The number of carbonyl (C=O) groups is 1. The number of hydrogen-bond donors (Lipinski definition) is 2. The van der Waals surface area contributed by atoms with Crippen molar-refractivity contribution in [3.05, 3.63) is 53.7 Å². The number of aromatic nitrogens is 1. The SMILES string of the molecule is CC(c1ccc(C(F)(F)F)nc1)=S(C)(=O)NC(=S)NC(=O)c1ccco1. The molecule has 2 heterocycles. The second-order valence-electron chi connectivity index (χ2n) is 5.19. The molecule has 0 aromatic carbocycles. The number of nitrogens with zero attached hydrogens (tertiary/aromatic N) is 1. The number of thiocarbonyl (C=S) groups is 1. The molecule has 0 bridgehead atoms.